The van der Waals surface area contributed by atoms with Crippen molar-refractivity contribution in [1.29, 1.82) is 0 Å². The van der Waals surface area contributed by atoms with Crippen LogP contribution in [0.5, 0.6) is 5.75 Å². The Labute approximate surface area is 229 Å². The number of rotatable bonds is 11. The molecule has 3 aromatic carbocycles. The summed E-state index contributed by atoms with van der Waals surface area (Å²) in [6, 6.07) is 21.6. The minimum Gasteiger partial charge on any atom is -0.484 e. The van der Waals surface area contributed by atoms with Crippen LogP contribution in [0.15, 0.2) is 72.8 Å². The van der Waals surface area contributed by atoms with Crippen LogP contribution in [0.2, 0.25) is 10.0 Å². The molecule has 0 fully saturated rings. The molecule has 0 aliphatic heterocycles. The van der Waals surface area contributed by atoms with Crippen LogP contribution in [-0.4, -0.2) is 35.4 Å². The van der Waals surface area contributed by atoms with Gasteiger partial charge in [-0.1, -0.05) is 85.6 Å². The van der Waals surface area contributed by atoms with Crippen molar-refractivity contribution in [3.05, 3.63) is 99.5 Å². The Hall–Kier alpha value is -3.02. The molecule has 3 rings (SSSR count). The molecule has 0 spiro atoms. The Morgan fingerprint density at radius 2 is 1.49 bits per heavy atom. The van der Waals surface area contributed by atoms with E-state index in [0.717, 1.165) is 5.56 Å². The zero-order valence-electron chi connectivity index (χ0n) is 21.7. The Morgan fingerprint density at radius 1 is 0.865 bits per heavy atom. The van der Waals surface area contributed by atoms with E-state index in [1.54, 1.807) is 18.2 Å². The first-order valence-electron chi connectivity index (χ1n) is 12.4. The van der Waals surface area contributed by atoms with Crippen molar-refractivity contribution in [3.8, 4) is 5.75 Å². The summed E-state index contributed by atoms with van der Waals surface area (Å²) in [6.45, 7) is 7.84. The van der Waals surface area contributed by atoms with Gasteiger partial charge in [0.15, 0.2) is 6.61 Å². The number of carbonyl (C=O) groups excluding carboxylic acids is 2. The second-order valence-corrected chi connectivity index (χ2v) is 10.4. The van der Waals surface area contributed by atoms with Crippen LogP contribution < -0.4 is 10.1 Å². The van der Waals surface area contributed by atoms with E-state index in [1.807, 2.05) is 68.4 Å². The third-order valence-electron chi connectivity index (χ3n) is 6.00. The quantitative estimate of drug-likeness (QED) is 0.295. The van der Waals surface area contributed by atoms with Gasteiger partial charge < -0.3 is 15.0 Å². The Balaban J connectivity index is 1.93. The van der Waals surface area contributed by atoms with Gasteiger partial charge in [0.2, 0.25) is 5.91 Å². The van der Waals surface area contributed by atoms with Crippen LogP contribution in [0.25, 0.3) is 0 Å². The zero-order valence-corrected chi connectivity index (χ0v) is 23.2. The second kappa shape index (κ2) is 13.5. The summed E-state index contributed by atoms with van der Waals surface area (Å²) in [7, 11) is 0. The molecule has 37 heavy (non-hydrogen) atoms. The summed E-state index contributed by atoms with van der Waals surface area (Å²) in [5, 5.41) is 3.82. The molecule has 0 heterocycles. The van der Waals surface area contributed by atoms with Crippen molar-refractivity contribution in [1.82, 2.24) is 10.2 Å². The van der Waals surface area contributed by atoms with Crippen molar-refractivity contribution in [2.45, 2.75) is 58.7 Å². The lowest BCUT2D eigenvalue weighted by molar-refractivity contribution is -0.143. The number of nitrogens with one attached hydrogen (secondary N) is 1. The number of halogens is 2. The van der Waals surface area contributed by atoms with Crippen molar-refractivity contribution >= 4 is 35.0 Å². The number of nitrogens with zero attached hydrogens (tertiary/aromatic N) is 1. The molecule has 0 bridgehead atoms. The molecule has 1 atom stereocenters. The Morgan fingerprint density at radius 3 is 2.05 bits per heavy atom. The number of hydrogen-bond donors (Lipinski definition) is 1. The number of benzene rings is 3. The van der Waals surface area contributed by atoms with Crippen LogP contribution in [0.3, 0.4) is 0 Å². The maximum Gasteiger partial charge on any atom is 0.261 e. The fourth-order valence-corrected chi connectivity index (χ4v) is 4.48. The molecular weight excluding hydrogens is 507 g/mol. The van der Waals surface area contributed by atoms with Gasteiger partial charge in [0.25, 0.3) is 5.91 Å². The number of carbonyl (C=O) groups is 2. The van der Waals surface area contributed by atoms with Gasteiger partial charge in [-0.3, -0.25) is 9.59 Å². The highest BCUT2D eigenvalue weighted by atomic mass is 35.5. The molecule has 196 valence electrons. The van der Waals surface area contributed by atoms with Gasteiger partial charge in [0, 0.05) is 34.6 Å². The maximum atomic E-state index is 13.7. The maximum absolute atomic E-state index is 13.7. The van der Waals surface area contributed by atoms with E-state index >= 15 is 0 Å². The highest BCUT2D eigenvalue weighted by Crippen LogP contribution is 2.27. The molecule has 1 N–H and O–H groups in total. The summed E-state index contributed by atoms with van der Waals surface area (Å²) < 4.78 is 5.85. The number of hydrogen-bond acceptors (Lipinski definition) is 3. The van der Waals surface area contributed by atoms with Gasteiger partial charge in [-0.2, -0.15) is 0 Å². The molecule has 0 saturated heterocycles. The molecule has 5 nitrogen and oxygen atoms in total. The minimum absolute atomic E-state index is 0.0655. The van der Waals surface area contributed by atoms with E-state index in [1.165, 1.54) is 10.5 Å². The second-order valence-electron chi connectivity index (χ2n) is 9.60. The fraction of sp³-hybridized carbons (Fsp3) is 0.333. The molecule has 0 radical (unpaired) electrons. The average Bonchev–Trinajstić information content (AvgIpc) is 2.86. The first kappa shape index (κ1) is 28.5. The average molecular weight is 542 g/mol. The lowest BCUT2D eigenvalue weighted by Gasteiger charge is -2.32. The molecule has 0 aliphatic carbocycles. The molecule has 0 saturated carbocycles. The summed E-state index contributed by atoms with van der Waals surface area (Å²) in [5.74, 6) is 0.380. The van der Waals surface area contributed by atoms with Crippen LogP contribution in [-0.2, 0) is 22.6 Å². The Bertz CT molecular complexity index is 1160. The third-order valence-corrected chi connectivity index (χ3v) is 6.71. The van der Waals surface area contributed by atoms with Crippen molar-refractivity contribution in [2.24, 2.45) is 0 Å². The lowest BCUT2D eigenvalue weighted by Crippen LogP contribution is -2.52. The molecule has 0 aliphatic rings. The van der Waals surface area contributed by atoms with Crippen LogP contribution >= 0.6 is 23.2 Å². The topological polar surface area (TPSA) is 58.6 Å². The van der Waals surface area contributed by atoms with Gasteiger partial charge in [0.1, 0.15) is 11.8 Å². The summed E-state index contributed by atoms with van der Waals surface area (Å²) >= 11 is 12.9. The molecule has 0 aromatic heterocycles. The van der Waals surface area contributed by atoms with E-state index in [2.05, 4.69) is 19.2 Å². The zero-order chi connectivity index (χ0) is 26.9. The molecule has 7 heteroatoms. The SMILES string of the molecule is CC(C)NC(=O)[C@H](Cc1ccccc1)N(Cc1c(Cl)cccc1Cl)C(=O)COc1ccc(C(C)C)cc1. The lowest BCUT2D eigenvalue weighted by atomic mass is 10.0. The normalized spacial score (nSPS) is 11.9. The predicted molar refractivity (Wildman–Crippen MR) is 150 cm³/mol. The fourth-order valence-electron chi connectivity index (χ4n) is 3.97. The third kappa shape index (κ3) is 8.24. The standard InChI is InChI=1S/C30H34Cl2N2O3/c1-20(2)23-13-15-24(16-14-23)37-19-29(35)34(18-25-26(31)11-8-12-27(25)32)28(30(36)33-21(3)4)17-22-9-6-5-7-10-22/h5-16,20-21,28H,17-19H2,1-4H3,(H,33,36)/t28-/m0/s1. The monoisotopic (exact) mass is 540 g/mol. The smallest absolute Gasteiger partial charge is 0.261 e. The van der Waals surface area contributed by atoms with Crippen LogP contribution in [0.1, 0.15) is 50.3 Å². The predicted octanol–water partition coefficient (Wildman–Crippen LogP) is 6.66. The molecule has 2 amide bonds. The highest BCUT2D eigenvalue weighted by molar-refractivity contribution is 6.36. The van der Waals surface area contributed by atoms with Crippen molar-refractivity contribution < 1.29 is 14.3 Å². The highest BCUT2D eigenvalue weighted by Gasteiger charge is 2.32. The molecule has 3 aromatic rings. The van der Waals surface area contributed by atoms with Crippen molar-refractivity contribution in [2.75, 3.05) is 6.61 Å². The van der Waals surface area contributed by atoms with E-state index in [4.69, 9.17) is 27.9 Å². The minimum atomic E-state index is -0.795. The number of amides is 2. The van der Waals surface area contributed by atoms with E-state index in [-0.39, 0.29) is 31.0 Å². The van der Waals surface area contributed by atoms with E-state index < -0.39 is 6.04 Å². The Kier molecular flexibility index (Phi) is 10.4. The van der Waals surface area contributed by atoms with Crippen LogP contribution in [0, 0.1) is 0 Å². The van der Waals surface area contributed by atoms with Gasteiger partial charge >= 0.3 is 0 Å². The summed E-state index contributed by atoms with van der Waals surface area (Å²) in [6.07, 6.45) is 0.330. The van der Waals surface area contributed by atoms with Crippen molar-refractivity contribution in [3.63, 3.8) is 0 Å². The van der Waals surface area contributed by atoms with E-state index in [9.17, 15) is 9.59 Å². The van der Waals surface area contributed by atoms with Gasteiger partial charge in [0.05, 0.1) is 0 Å². The summed E-state index contributed by atoms with van der Waals surface area (Å²) in [5.41, 5.74) is 2.69. The van der Waals surface area contributed by atoms with E-state index in [0.29, 0.717) is 33.7 Å². The molecule has 0 unspecified atom stereocenters. The van der Waals surface area contributed by atoms with Gasteiger partial charge in [-0.15, -0.1) is 0 Å². The van der Waals surface area contributed by atoms with Gasteiger partial charge in [-0.25, -0.2) is 0 Å². The number of ether oxygens (including phenoxy) is 1. The molecular formula is C30H34Cl2N2O3. The summed E-state index contributed by atoms with van der Waals surface area (Å²) in [4.78, 5) is 28.6. The van der Waals surface area contributed by atoms with Crippen LogP contribution in [0.4, 0.5) is 0 Å². The largest absolute Gasteiger partial charge is 0.484 e. The first-order chi connectivity index (χ1) is 17.7. The first-order valence-corrected chi connectivity index (χ1v) is 13.2. The van der Waals surface area contributed by atoms with Gasteiger partial charge in [-0.05, 0) is 55.2 Å².